The first-order chi connectivity index (χ1) is 14.5. The average molecular weight is 449 g/mol. The van der Waals surface area contributed by atoms with Gasteiger partial charge >= 0.3 is 6.18 Å². The van der Waals surface area contributed by atoms with Crippen LogP contribution in [0.5, 0.6) is 0 Å². The van der Waals surface area contributed by atoms with E-state index in [2.05, 4.69) is 10.3 Å². The molecule has 2 aromatic carbocycles. The Morgan fingerprint density at radius 2 is 1.84 bits per heavy atom. The summed E-state index contributed by atoms with van der Waals surface area (Å²) in [5, 5.41) is 14.6. The number of fused-ring (bicyclic) bond motifs is 1. The van der Waals surface area contributed by atoms with Crippen molar-refractivity contribution >= 4 is 39.9 Å². The second-order valence-corrected chi connectivity index (χ2v) is 8.07. The van der Waals surface area contributed by atoms with E-state index in [-0.39, 0.29) is 5.75 Å². The zero-order chi connectivity index (χ0) is 22.9. The fourth-order valence-electron chi connectivity index (χ4n) is 3.20. The van der Waals surface area contributed by atoms with Crippen molar-refractivity contribution in [3.05, 3.63) is 68.8 Å². The Morgan fingerprint density at radius 1 is 1.13 bits per heavy atom. The molecule has 0 aliphatic heterocycles. The Labute approximate surface area is 180 Å². The van der Waals surface area contributed by atoms with Crippen LogP contribution in [-0.4, -0.2) is 21.6 Å². The minimum Gasteiger partial charge on any atom is -0.325 e. The molecule has 162 valence electrons. The van der Waals surface area contributed by atoms with E-state index >= 15 is 0 Å². The number of hydrogen-bond acceptors (Lipinski definition) is 5. The van der Waals surface area contributed by atoms with Crippen molar-refractivity contribution in [2.24, 2.45) is 0 Å². The minimum atomic E-state index is -4.85. The number of carbonyl (C=O) groups excluding carboxylic acids is 1. The molecule has 0 atom stereocenters. The van der Waals surface area contributed by atoms with Crippen LogP contribution in [0.1, 0.15) is 22.3 Å². The van der Waals surface area contributed by atoms with Crippen molar-refractivity contribution in [1.82, 2.24) is 4.98 Å². The summed E-state index contributed by atoms with van der Waals surface area (Å²) < 4.78 is 39.8. The number of hydrogen-bond donors (Lipinski definition) is 1. The number of pyridine rings is 1. The highest BCUT2D eigenvalue weighted by Crippen LogP contribution is 2.37. The summed E-state index contributed by atoms with van der Waals surface area (Å²) >= 11 is 1.10. The van der Waals surface area contributed by atoms with E-state index in [4.69, 9.17) is 0 Å². The molecule has 1 heterocycles. The van der Waals surface area contributed by atoms with Crippen molar-refractivity contribution in [3.8, 4) is 0 Å². The highest BCUT2D eigenvalue weighted by Gasteiger charge is 2.35. The predicted molar refractivity (Wildman–Crippen MR) is 113 cm³/mol. The van der Waals surface area contributed by atoms with E-state index in [0.717, 1.165) is 51.5 Å². The maximum Gasteiger partial charge on any atom is 0.418 e. The third-order valence-electron chi connectivity index (χ3n) is 4.58. The number of carbonyl (C=O) groups is 1. The maximum atomic E-state index is 13.3. The fourth-order valence-corrected chi connectivity index (χ4v) is 3.97. The molecule has 31 heavy (non-hydrogen) atoms. The Bertz CT molecular complexity index is 1200. The van der Waals surface area contributed by atoms with Gasteiger partial charge in [0.15, 0.2) is 0 Å². The lowest BCUT2D eigenvalue weighted by atomic mass is 10.0. The van der Waals surface area contributed by atoms with Crippen LogP contribution < -0.4 is 5.32 Å². The number of nitrogens with one attached hydrogen (secondary N) is 1. The highest BCUT2D eigenvalue weighted by atomic mass is 32.2. The van der Waals surface area contributed by atoms with E-state index in [1.54, 1.807) is 0 Å². The molecule has 0 radical (unpaired) electrons. The van der Waals surface area contributed by atoms with Crippen LogP contribution in [0.15, 0.2) is 41.4 Å². The summed E-state index contributed by atoms with van der Waals surface area (Å²) in [5.74, 6) is -0.846. The van der Waals surface area contributed by atoms with Gasteiger partial charge in [0.2, 0.25) is 5.91 Å². The molecule has 3 rings (SSSR count). The van der Waals surface area contributed by atoms with E-state index < -0.39 is 33.9 Å². The summed E-state index contributed by atoms with van der Waals surface area (Å²) in [6, 6.07) is 8.06. The zero-order valence-electron chi connectivity index (χ0n) is 16.8. The molecule has 10 heteroatoms. The molecular weight excluding hydrogens is 431 g/mol. The molecule has 0 aliphatic rings. The Morgan fingerprint density at radius 3 is 2.48 bits per heavy atom. The molecule has 0 saturated carbocycles. The van der Waals surface area contributed by atoms with Crippen LogP contribution in [0.2, 0.25) is 0 Å². The van der Waals surface area contributed by atoms with Crippen LogP contribution in [0.4, 0.5) is 24.5 Å². The lowest BCUT2D eigenvalue weighted by Gasteiger charge is -2.14. The quantitative estimate of drug-likeness (QED) is 0.301. The van der Waals surface area contributed by atoms with Gasteiger partial charge in [0, 0.05) is 17.5 Å². The summed E-state index contributed by atoms with van der Waals surface area (Å²) in [6.45, 7) is 5.86. The van der Waals surface area contributed by atoms with Gasteiger partial charge in [0.1, 0.15) is 0 Å². The number of thioether (sulfide) groups is 1. The van der Waals surface area contributed by atoms with E-state index in [0.29, 0.717) is 11.1 Å². The Hall–Kier alpha value is -3.14. The van der Waals surface area contributed by atoms with Crippen LogP contribution in [0.3, 0.4) is 0 Å². The number of anilines is 1. The molecule has 0 unspecified atom stereocenters. The van der Waals surface area contributed by atoms with Crippen LogP contribution in [0, 0.1) is 30.9 Å². The number of nitro benzene ring substituents is 1. The Kier molecular flexibility index (Phi) is 6.21. The van der Waals surface area contributed by atoms with Crippen LogP contribution in [0.25, 0.3) is 10.9 Å². The first-order valence-electron chi connectivity index (χ1n) is 9.12. The molecule has 0 aliphatic carbocycles. The lowest BCUT2D eigenvalue weighted by Crippen LogP contribution is -2.18. The third kappa shape index (κ3) is 5.13. The summed E-state index contributed by atoms with van der Waals surface area (Å²) in [7, 11) is 0. The number of nitro groups is 1. The molecule has 0 fully saturated rings. The fraction of sp³-hybridized carbons (Fsp3) is 0.238. The first-order valence-corrected chi connectivity index (χ1v) is 10.1. The van der Waals surface area contributed by atoms with Gasteiger partial charge in [-0.15, -0.1) is 0 Å². The molecule has 0 bridgehead atoms. The van der Waals surface area contributed by atoms with E-state index in [9.17, 15) is 28.1 Å². The smallest absolute Gasteiger partial charge is 0.325 e. The SMILES string of the molecule is Cc1cc(C)c2nc(SCC(=O)Nc3ccc([N+](=O)[O-])cc3C(F)(F)F)cc(C)c2c1. The number of non-ortho nitro benzene ring substituents is 1. The van der Waals surface area contributed by atoms with Gasteiger partial charge in [0.25, 0.3) is 5.69 Å². The van der Waals surface area contributed by atoms with Gasteiger partial charge < -0.3 is 5.32 Å². The van der Waals surface area contributed by atoms with Gasteiger partial charge in [0.05, 0.1) is 32.5 Å². The second-order valence-electron chi connectivity index (χ2n) is 7.08. The monoisotopic (exact) mass is 449 g/mol. The number of nitrogens with zero attached hydrogens (tertiary/aromatic N) is 2. The number of aryl methyl sites for hydroxylation is 3. The summed E-state index contributed by atoms with van der Waals surface area (Å²) in [4.78, 5) is 26.7. The number of aromatic nitrogens is 1. The normalized spacial score (nSPS) is 11.5. The highest BCUT2D eigenvalue weighted by molar-refractivity contribution is 7.99. The third-order valence-corrected chi connectivity index (χ3v) is 5.49. The summed E-state index contributed by atoms with van der Waals surface area (Å²) in [5.41, 5.74) is 1.38. The summed E-state index contributed by atoms with van der Waals surface area (Å²) in [6.07, 6.45) is -4.85. The van der Waals surface area contributed by atoms with Crippen molar-refractivity contribution in [2.45, 2.75) is 32.0 Å². The van der Waals surface area contributed by atoms with E-state index in [1.807, 2.05) is 39.0 Å². The van der Waals surface area contributed by atoms with Gasteiger partial charge in [-0.1, -0.05) is 23.4 Å². The average Bonchev–Trinajstić information content (AvgIpc) is 2.66. The minimum absolute atomic E-state index is 0.170. The van der Waals surface area contributed by atoms with Crippen molar-refractivity contribution in [2.75, 3.05) is 11.1 Å². The largest absolute Gasteiger partial charge is 0.418 e. The topological polar surface area (TPSA) is 85.1 Å². The van der Waals surface area contributed by atoms with Crippen molar-refractivity contribution in [1.29, 1.82) is 0 Å². The Balaban J connectivity index is 1.79. The van der Waals surface area contributed by atoms with E-state index in [1.165, 1.54) is 0 Å². The molecular formula is C21H18F3N3O3S. The molecule has 6 nitrogen and oxygen atoms in total. The molecule has 1 N–H and O–H groups in total. The molecule has 0 saturated heterocycles. The molecule has 0 spiro atoms. The van der Waals surface area contributed by atoms with Crippen molar-refractivity contribution in [3.63, 3.8) is 0 Å². The van der Waals surface area contributed by atoms with Crippen LogP contribution >= 0.6 is 11.8 Å². The van der Waals surface area contributed by atoms with Crippen LogP contribution in [-0.2, 0) is 11.0 Å². The number of rotatable bonds is 5. The second kappa shape index (κ2) is 8.54. The number of amides is 1. The molecule has 3 aromatic rings. The van der Waals surface area contributed by atoms with Crippen molar-refractivity contribution < 1.29 is 22.9 Å². The first kappa shape index (κ1) is 22.5. The maximum absolute atomic E-state index is 13.3. The van der Waals surface area contributed by atoms with Gasteiger partial charge in [-0.05, 0) is 50.1 Å². The predicted octanol–water partition coefficient (Wildman–Crippen LogP) is 5.82. The standard InChI is InChI=1S/C21H18F3N3O3S/c1-11-6-13(3)20-15(7-11)12(2)8-19(26-20)31-10-18(28)25-17-5-4-14(27(29)30)9-16(17)21(22,23)24/h4-9H,10H2,1-3H3,(H,25,28). The number of halogens is 3. The van der Waals surface area contributed by atoms with Gasteiger partial charge in [-0.25, -0.2) is 4.98 Å². The zero-order valence-corrected chi connectivity index (χ0v) is 17.6. The van der Waals surface area contributed by atoms with Gasteiger partial charge in [-0.2, -0.15) is 13.2 Å². The molecule has 1 amide bonds. The van der Waals surface area contributed by atoms with Gasteiger partial charge in [-0.3, -0.25) is 14.9 Å². The number of alkyl halides is 3. The lowest BCUT2D eigenvalue weighted by molar-refractivity contribution is -0.385. The number of benzene rings is 2. The molecule has 1 aromatic heterocycles.